The summed E-state index contributed by atoms with van der Waals surface area (Å²) in [5.41, 5.74) is 3.18. The second-order valence-electron chi connectivity index (χ2n) is 10.9. The molecule has 0 atom stereocenters. The maximum atomic E-state index is 11.3. The minimum Gasteiger partial charge on any atom is -0.507 e. The molecule has 6 aromatic rings. The summed E-state index contributed by atoms with van der Waals surface area (Å²) in [6.45, 7) is 1.76. The number of phenols is 2. The zero-order chi connectivity index (χ0) is 38.0. The number of azo groups is 2. The molecule has 0 bridgehead atoms. The van der Waals surface area contributed by atoms with Crippen molar-refractivity contribution in [1.29, 1.82) is 0 Å². The average Bonchev–Trinajstić information content (AvgIpc) is 3.17. The quantitative estimate of drug-likeness (QED) is 0.0232. The van der Waals surface area contributed by atoms with E-state index in [0.29, 0.717) is 78.7 Å². The number of ether oxygens (including phenoxy) is 1. The Hall–Kier alpha value is -5.07. The van der Waals surface area contributed by atoms with Crippen molar-refractivity contribution < 1.29 is 58.8 Å². The van der Waals surface area contributed by atoms with Crippen LogP contribution in [0.2, 0.25) is 0 Å². The van der Waals surface area contributed by atoms with Gasteiger partial charge in [0.15, 0.2) is 5.75 Å². The summed E-state index contributed by atoms with van der Waals surface area (Å²) < 4.78 is 19.4. The Bertz CT molecular complexity index is 2330. The molecule has 54 heavy (non-hydrogen) atoms. The van der Waals surface area contributed by atoms with Crippen LogP contribution >= 0.6 is 36.1 Å². The van der Waals surface area contributed by atoms with E-state index in [1.54, 1.807) is 49.4 Å². The molecule has 0 aliphatic carbocycles. The number of aromatic hydroxyl groups is 2. The third kappa shape index (κ3) is 9.17. The Kier molecular flexibility index (Phi) is 13.1. The van der Waals surface area contributed by atoms with Crippen molar-refractivity contribution >= 4 is 91.8 Å². The molecule has 0 saturated carbocycles. The van der Waals surface area contributed by atoms with Crippen LogP contribution in [-0.4, -0.2) is 33.1 Å². The van der Waals surface area contributed by atoms with Crippen LogP contribution in [0.5, 0.6) is 17.2 Å². The molecule has 6 N–H and O–H groups in total. The third-order valence-corrected chi connectivity index (χ3v) is 9.30. The lowest BCUT2D eigenvalue weighted by Gasteiger charge is -2.12. The number of anilines is 2. The second kappa shape index (κ2) is 18.3. The first-order valence-electron chi connectivity index (χ1n) is 15.2. The lowest BCUT2D eigenvalue weighted by molar-refractivity contribution is -0.432. The Morgan fingerprint density at radius 2 is 1.28 bits per heavy atom. The SMILES string of the molecule is COc1cc(/N=N/c2cc(SOOO)cc3cc(SOOO)cc(O)c23)c(C)cc1/N=N/c1c(SOOO)cc2cc(Nc3ccccc3)ccc2c1O. The zero-order valence-electron chi connectivity index (χ0n) is 27.8. The van der Waals surface area contributed by atoms with Gasteiger partial charge in [-0.15, -0.1) is 28.3 Å². The normalized spacial score (nSPS) is 11.7. The highest BCUT2D eigenvalue weighted by atomic mass is 32.2. The summed E-state index contributed by atoms with van der Waals surface area (Å²) in [7, 11) is 1.43. The number of aryl methyl sites for hydroxylation is 1. The molecule has 0 aromatic heterocycles. The number of rotatable bonds is 16. The van der Waals surface area contributed by atoms with E-state index in [2.05, 4.69) is 49.6 Å². The molecule has 6 rings (SSSR count). The van der Waals surface area contributed by atoms with Gasteiger partial charge in [-0.05, 0) is 90.0 Å². The van der Waals surface area contributed by atoms with Gasteiger partial charge in [-0.1, -0.05) is 33.3 Å². The van der Waals surface area contributed by atoms with E-state index in [1.165, 1.54) is 13.2 Å². The number of hydrogen-bond donors (Lipinski definition) is 6. The molecule has 0 aliphatic rings. The summed E-state index contributed by atoms with van der Waals surface area (Å²) in [5.74, 6) is -0.113. The molecule has 17 nitrogen and oxygen atoms in total. The molecule has 0 spiro atoms. The standard InChI is InChI=1S/C34H27N5O12S3/c1-18-10-27(37-39-33-31(54-51-48-44)14-19-11-22(8-9-25(19)34(33)41)35-21-6-4-3-5-7-21)30(45-2)17-26(18)36-38-28-15-23(52-49-46-42)12-20-13-24(53-50-47-43)16-29(40)32(20)28/h3-17,35,40-44H,1-2H3/b38-36+,39-37+. The van der Waals surface area contributed by atoms with Crippen molar-refractivity contribution in [3.63, 3.8) is 0 Å². The van der Waals surface area contributed by atoms with Gasteiger partial charge in [0.1, 0.15) is 22.9 Å². The highest BCUT2D eigenvalue weighted by Gasteiger charge is 2.17. The van der Waals surface area contributed by atoms with Gasteiger partial charge < -0.3 is 20.3 Å². The fraction of sp³-hybridized carbons (Fsp3) is 0.0588. The number of nitrogens with one attached hydrogen (secondary N) is 1. The molecule has 0 radical (unpaired) electrons. The van der Waals surface area contributed by atoms with Crippen LogP contribution in [0.3, 0.4) is 0 Å². The highest BCUT2D eigenvalue weighted by Crippen LogP contribution is 2.46. The van der Waals surface area contributed by atoms with Gasteiger partial charge in [0.25, 0.3) is 0 Å². The van der Waals surface area contributed by atoms with Crippen molar-refractivity contribution in [1.82, 2.24) is 0 Å². The lowest BCUT2D eigenvalue weighted by atomic mass is 10.1. The van der Waals surface area contributed by atoms with Gasteiger partial charge in [0.2, 0.25) is 0 Å². The number of benzene rings is 6. The van der Waals surface area contributed by atoms with Crippen molar-refractivity contribution in [3.8, 4) is 17.2 Å². The topological polar surface area (TPSA) is 227 Å². The summed E-state index contributed by atoms with van der Waals surface area (Å²) in [6.07, 6.45) is 0. The number of methoxy groups -OCH3 is 1. The van der Waals surface area contributed by atoms with Gasteiger partial charge in [0.05, 0.1) is 64.9 Å². The largest absolute Gasteiger partial charge is 0.507 e. The lowest BCUT2D eigenvalue weighted by Crippen LogP contribution is -1.90. The van der Waals surface area contributed by atoms with Crippen LogP contribution in [0.25, 0.3) is 21.5 Å². The monoisotopic (exact) mass is 793 g/mol. The molecule has 0 heterocycles. The number of para-hydroxylation sites is 1. The average molecular weight is 794 g/mol. The second-order valence-corrected chi connectivity index (χ2v) is 13.2. The first-order chi connectivity index (χ1) is 26.3. The van der Waals surface area contributed by atoms with Gasteiger partial charge in [-0.2, -0.15) is 5.11 Å². The van der Waals surface area contributed by atoms with Crippen LogP contribution in [0.15, 0.2) is 126 Å². The Balaban J connectivity index is 1.33. The Labute approximate surface area is 317 Å². The summed E-state index contributed by atoms with van der Waals surface area (Å²) in [4.78, 5) is 1.08. The molecular formula is C34H27N5O12S3. The molecule has 0 fully saturated rings. The predicted molar refractivity (Wildman–Crippen MR) is 199 cm³/mol. The number of phenolic OH excluding ortho intramolecular Hbond substituents is 2. The number of fused-ring (bicyclic) bond motifs is 2. The molecular weight excluding hydrogens is 767 g/mol. The van der Waals surface area contributed by atoms with Gasteiger partial charge >= 0.3 is 0 Å². The Morgan fingerprint density at radius 3 is 1.98 bits per heavy atom. The Morgan fingerprint density at radius 1 is 0.611 bits per heavy atom. The van der Waals surface area contributed by atoms with Crippen LogP contribution < -0.4 is 10.1 Å². The molecule has 278 valence electrons. The van der Waals surface area contributed by atoms with Crippen molar-refractivity contribution in [3.05, 3.63) is 96.6 Å². The molecule has 20 heteroatoms. The van der Waals surface area contributed by atoms with Crippen LogP contribution in [0, 0.1) is 6.92 Å². The smallest absolute Gasteiger partial charge is 0.152 e. The first kappa shape index (κ1) is 38.6. The maximum Gasteiger partial charge on any atom is 0.152 e. The van der Waals surface area contributed by atoms with E-state index in [1.807, 2.05) is 42.5 Å². The van der Waals surface area contributed by atoms with Crippen LogP contribution in [0.4, 0.5) is 34.1 Å². The molecule has 6 aromatic carbocycles. The van der Waals surface area contributed by atoms with E-state index in [0.717, 1.165) is 11.4 Å². The third-order valence-electron chi connectivity index (χ3n) is 7.56. The fourth-order valence-electron chi connectivity index (χ4n) is 5.25. The molecule has 0 saturated heterocycles. The van der Waals surface area contributed by atoms with E-state index in [-0.39, 0.29) is 39.2 Å². The summed E-state index contributed by atoms with van der Waals surface area (Å²) in [6, 6.07) is 26.1. The van der Waals surface area contributed by atoms with Gasteiger partial charge in [-0.25, -0.2) is 15.8 Å². The van der Waals surface area contributed by atoms with E-state index < -0.39 is 0 Å². The number of hydrogen-bond acceptors (Lipinski definition) is 20. The van der Waals surface area contributed by atoms with Crippen molar-refractivity contribution in [2.24, 2.45) is 20.5 Å². The highest BCUT2D eigenvalue weighted by molar-refractivity contribution is 7.95. The van der Waals surface area contributed by atoms with Crippen molar-refractivity contribution in [2.75, 3.05) is 12.4 Å². The van der Waals surface area contributed by atoms with Crippen molar-refractivity contribution in [2.45, 2.75) is 21.6 Å². The van der Waals surface area contributed by atoms with Crippen LogP contribution in [0.1, 0.15) is 5.56 Å². The van der Waals surface area contributed by atoms with Gasteiger partial charge in [-0.3, -0.25) is 0 Å². The molecule has 0 unspecified atom stereocenters. The van der Waals surface area contributed by atoms with E-state index in [4.69, 9.17) is 24.8 Å². The van der Waals surface area contributed by atoms with Crippen LogP contribution in [-0.2, 0) is 28.1 Å². The minimum absolute atomic E-state index is 0.0359. The predicted octanol–water partition coefficient (Wildman–Crippen LogP) is 11.6. The van der Waals surface area contributed by atoms with E-state index >= 15 is 0 Å². The minimum atomic E-state index is -0.195. The fourth-order valence-corrected chi connectivity index (χ4v) is 6.64. The maximum absolute atomic E-state index is 11.3. The summed E-state index contributed by atoms with van der Waals surface area (Å²) in [5, 5.41) is 82.1. The molecule has 0 aliphatic heterocycles. The number of nitrogens with zero attached hydrogens (tertiary/aromatic N) is 4. The summed E-state index contributed by atoms with van der Waals surface area (Å²) >= 11 is 1.94. The first-order valence-corrected chi connectivity index (χ1v) is 17.4. The van der Waals surface area contributed by atoms with Gasteiger partial charge in [0, 0.05) is 32.6 Å². The van der Waals surface area contributed by atoms with E-state index in [9.17, 15) is 10.2 Å². The zero-order valence-corrected chi connectivity index (χ0v) is 30.2. The molecule has 0 amide bonds.